The molecule has 14 heteroatoms. The van der Waals surface area contributed by atoms with Crippen LogP contribution in [-0.2, 0) is 22.5 Å². The first-order chi connectivity index (χ1) is 20.1. The van der Waals surface area contributed by atoms with Gasteiger partial charge >= 0.3 is 6.09 Å². The van der Waals surface area contributed by atoms with Crippen LogP contribution in [0, 0.1) is 17.1 Å². The number of ether oxygens (including phenoxy) is 2. The van der Waals surface area contributed by atoms with Gasteiger partial charge in [0, 0.05) is 18.7 Å². The molecule has 0 saturated heterocycles. The number of anilines is 1. The predicted molar refractivity (Wildman–Crippen MR) is 155 cm³/mol. The van der Waals surface area contributed by atoms with Crippen molar-refractivity contribution in [3.05, 3.63) is 86.1 Å². The van der Waals surface area contributed by atoms with Gasteiger partial charge in [-0.05, 0) is 66.9 Å². The molecule has 42 heavy (non-hydrogen) atoms. The number of nitrogens with one attached hydrogen (secondary N) is 2. The molecule has 2 N–H and O–H groups in total. The molecule has 0 aromatic heterocycles. The Hall–Kier alpha value is -4.37. The first kappa shape index (κ1) is 30.6. The van der Waals surface area contributed by atoms with Gasteiger partial charge in [0.15, 0.2) is 5.75 Å². The van der Waals surface area contributed by atoms with Crippen LogP contribution in [0.3, 0.4) is 0 Å². The zero-order chi connectivity index (χ0) is 30.4. The molecule has 3 amide bonds. The lowest BCUT2D eigenvalue weighted by Crippen LogP contribution is -2.37. The van der Waals surface area contributed by atoms with Crippen LogP contribution in [-0.4, -0.2) is 41.7 Å². The number of hydrazone groups is 1. The molecule has 216 valence electrons. The second kappa shape index (κ2) is 13.5. The van der Waals surface area contributed by atoms with Gasteiger partial charge in [0.2, 0.25) is 5.71 Å². The summed E-state index contributed by atoms with van der Waals surface area (Å²) in [4.78, 5) is 38.2. The summed E-state index contributed by atoms with van der Waals surface area (Å²) in [5.74, 6) is -1.24. The van der Waals surface area contributed by atoms with E-state index in [0.717, 1.165) is 11.1 Å². The van der Waals surface area contributed by atoms with Crippen molar-refractivity contribution in [2.75, 3.05) is 18.6 Å². The third-order valence-corrected chi connectivity index (χ3v) is 6.78. The lowest BCUT2D eigenvalue weighted by Gasteiger charge is -2.29. The van der Waals surface area contributed by atoms with E-state index in [2.05, 4.69) is 15.3 Å². The van der Waals surface area contributed by atoms with Gasteiger partial charge in [0.05, 0.1) is 27.4 Å². The van der Waals surface area contributed by atoms with Crippen LogP contribution in [0.15, 0.2) is 53.6 Å². The Bertz CT molecular complexity index is 1620. The maximum atomic E-state index is 13.5. The third-order valence-electron chi connectivity index (χ3n) is 5.93. The number of hydrogen-bond acceptors (Lipinski definition) is 8. The summed E-state index contributed by atoms with van der Waals surface area (Å²) < 4.78 is 24.0. The highest BCUT2D eigenvalue weighted by Crippen LogP contribution is 2.39. The number of fused-ring (bicyclic) bond motifs is 1. The number of hydrogen-bond donors (Lipinski definition) is 2. The van der Waals surface area contributed by atoms with Gasteiger partial charge < -0.3 is 14.4 Å². The molecule has 0 unspecified atom stereocenters. The van der Waals surface area contributed by atoms with Gasteiger partial charge in [-0.1, -0.05) is 40.9 Å². The van der Waals surface area contributed by atoms with Crippen molar-refractivity contribution in [2.45, 2.75) is 19.9 Å². The summed E-state index contributed by atoms with van der Waals surface area (Å²) in [7, 11) is 0. The molecule has 0 radical (unpaired) electrons. The molecule has 0 bridgehead atoms. The smallest absolute Gasteiger partial charge is 0.414 e. The number of nitrogens with zero attached hydrogens (tertiary/aromatic N) is 3. The normalized spacial score (nSPS) is 12.7. The molecule has 1 heterocycles. The van der Waals surface area contributed by atoms with Crippen LogP contribution < -0.4 is 15.5 Å². The molecule has 0 fully saturated rings. The van der Waals surface area contributed by atoms with Crippen LogP contribution in [0.2, 0.25) is 15.1 Å². The maximum Gasteiger partial charge on any atom is 0.414 e. The van der Waals surface area contributed by atoms with Crippen molar-refractivity contribution >= 4 is 64.1 Å². The first-order valence-electron chi connectivity index (χ1n) is 12.3. The standard InChI is InChI=1S/C28H21Cl3FN5O5/c1-2-41-28(40)34-26(38)24(13-33)36-35-17-11-21(30)25(22(31)12-17)42-18-4-5-19-16(10-18)7-8-37(27(19)39)14-15-3-6-23(32)20(29)9-15/h3-6,9-12,35H,2,7-8,14H2,1H3,(H,34,38,40). The Morgan fingerprint density at radius 2 is 1.83 bits per heavy atom. The van der Waals surface area contributed by atoms with E-state index >= 15 is 0 Å². The van der Waals surface area contributed by atoms with Crippen LogP contribution >= 0.6 is 34.8 Å². The van der Waals surface area contributed by atoms with Gasteiger partial charge in [-0.25, -0.2) is 9.18 Å². The topological polar surface area (TPSA) is 133 Å². The van der Waals surface area contributed by atoms with E-state index in [1.807, 2.05) is 5.32 Å². The number of rotatable bonds is 8. The van der Waals surface area contributed by atoms with Crippen molar-refractivity contribution in [3.63, 3.8) is 0 Å². The highest BCUT2D eigenvalue weighted by Gasteiger charge is 2.25. The molecule has 1 aliphatic heterocycles. The van der Waals surface area contributed by atoms with E-state index < -0.39 is 23.5 Å². The lowest BCUT2D eigenvalue weighted by atomic mass is 9.98. The summed E-state index contributed by atoms with van der Waals surface area (Å²) in [6.07, 6.45) is -0.460. The number of halogens is 4. The molecule has 0 atom stereocenters. The van der Waals surface area contributed by atoms with Crippen molar-refractivity contribution in [2.24, 2.45) is 5.10 Å². The quantitative estimate of drug-likeness (QED) is 0.219. The fourth-order valence-corrected chi connectivity index (χ4v) is 4.76. The van der Waals surface area contributed by atoms with Crippen molar-refractivity contribution < 1.29 is 28.2 Å². The predicted octanol–water partition coefficient (Wildman–Crippen LogP) is 6.34. The number of nitriles is 1. The van der Waals surface area contributed by atoms with E-state index in [9.17, 15) is 24.0 Å². The summed E-state index contributed by atoms with van der Waals surface area (Å²) >= 11 is 18.6. The molecular formula is C28H21Cl3FN5O5. The molecule has 4 rings (SSSR count). The zero-order valence-corrected chi connectivity index (χ0v) is 24.1. The zero-order valence-electron chi connectivity index (χ0n) is 21.8. The summed E-state index contributed by atoms with van der Waals surface area (Å²) in [6.45, 7) is 2.33. The number of carbonyl (C=O) groups excluding carboxylic acids is 3. The SMILES string of the molecule is CCOC(=O)NC(=O)C(C#N)=NNc1cc(Cl)c(Oc2ccc3c(c2)CCN(Cc2ccc(F)c(Cl)c2)C3=O)c(Cl)c1. The van der Waals surface area contributed by atoms with Crippen LogP contribution in [0.4, 0.5) is 14.9 Å². The molecule has 3 aromatic carbocycles. The molecule has 1 aliphatic rings. The van der Waals surface area contributed by atoms with Gasteiger partial charge in [0.25, 0.3) is 11.8 Å². The van der Waals surface area contributed by atoms with Crippen LogP contribution in [0.5, 0.6) is 11.5 Å². The molecule has 3 aromatic rings. The summed E-state index contributed by atoms with van der Waals surface area (Å²) in [5, 5.41) is 14.9. The van der Waals surface area contributed by atoms with E-state index in [4.69, 9.17) is 39.5 Å². The van der Waals surface area contributed by atoms with Crippen molar-refractivity contribution in [1.82, 2.24) is 10.2 Å². The summed E-state index contributed by atoms with van der Waals surface area (Å²) in [6, 6.07) is 13.7. The minimum absolute atomic E-state index is 0.00151. The molecular weight excluding hydrogens is 612 g/mol. The summed E-state index contributed by atoms with van der Waals surface area (Å²) in [5.41, 5.74) is 4.08. The highest BCUT2D eigenvalue weighted by molar-refractivity contribution is 6.47. The average Bonchev–Trinajstić information content (AvgIpc) is 2.94. The number of carbonyl (C=O) groups is 3. The molecule has 0 saturated carbocycles. The molecule has 10 nitrogen and oxygen atoms in total. The number of benzene rings is 3. The van der Waals surface area contributed by atoms with Crippen molar-refractivity contribution in [3.8, 4) is 17.6 Å². The number of imide groups is 1. The average molecular weight is 633 g/mol. The van der Waals surface area contributed by atoms with Gasteiger partial charge in [-0.15, -0.1) is 0 Å². The second-order valence-electron chi connectivity index (χ2n) is 8.77. The fraction of sp³-hybridized carbons (Fsp3) is 0.179. The Morgan fingerprint density at radius 1 is 1.10 bits per heavy atom. The number of amides is 3. The molecule has 0 spiro atoms. The highest BCUT2D eigenvalue weighted by atomic mass is 35.5. The first-order valence-corrected chi connectivity index (χ1v) is 13.5. The fourth-order valence-electron chi connectivity index (χ4n) is 3.99. The van der Waals surface area contributed by atoms with Crippen molar-refractivity contribution in [1.29, 1.82) is 5.26 Å². The van der Waals surface area contributed by atoms with Gasteiger partial charge in [-0.2, -0.15) is 10.4 Å². The molecule has 0 aliphatic carbocycles. The van der Waals surface area contributed by atoms with E-state index in [1.54, 1.807) is 42.2 Å². The maximum absolute atomic E-state index is 13.5. The van der Waals surface area contributed by atoms with Crippen LogP contribution in [0.25, 0.3) is 0 Å². The number of alkyl carbamates (subject to hydrolysis) is 1. The largest absolute Gasteiger partial charge is 0.454 e. The van der Waals surface area contributed by atoms with Crippen LogP contribution in [0.1, 0.15) is 28.4 Å². The Balaban J connectivity index is 1.44. The van der Waals surface area contributed by atoms with E-state index in [0.29, 0.717) is 24.3 Å². The monoisotopic (exact) mass is 631 g/mol. The van der Waals surface area contributed by atoms with E-state index in [-0.39, 0.29) is 45.6 Å². The minimum atomic E-state index is -1.06. The van der Waals surface area contributed by atoms with Gasteiger partial charge in [0.1, 0.15) is 17.6 Å². The second-order valence-corrected chi connectivity index (χ2v) is 10.00. The Morgan fingerprint density at radius 3 is 2.50 bits per heavy atom. The minimum Gasteiger partial charge on any atom is -0.454 e. The van der Waals surface area contributed by atoms with E-state index in [1.165, 1.54) is 24.3 Å². The Kier molecular flexibility index (Phi) is 9.85. The lowest BCUT2D eigenvalue weighted by molar-refractivity contribution is -0.114. The third kappa shape index (κ3) is 7.28. The van der Waals surface area contributed by atoms with Gasteiger partial charge in [-0.3, -0.25) is 20.3 Å². The Labute approximate surface area is 254 Å².